The van der Waals surface area contributed by atoms with E-state index in [0.717, 1.165) is 36.3 Å². The summed E-state index contributed by atoms with van der Waals surface area (Å²) in [6.07, 6.45) is 0.846. The maximum absolute atomic E-state index is 14.3. The molecule has 28 heavy (non-hydrogen) atoms. The van der Waals surface area contributed by atoms with E-state index in [2.05, 4.69) is 15.1 Å². The van der Waals surface area contributed by atoms with Crippen molar-refractivity contribution in [1.82, 2.24) is 15.1 Å². The van der Waals surface area contributed by atoms with Gasteiger partial charge in [0.1, 0.15) is 5.82 Å². The Kier molecular flexibility index (Phi) is 4.16. The Hall–Kier alpha value is -3.06. The molecule has 2 aromatic carbocycles. The maximum atomic E-state index is 14.3. The van der Waals surface area contributed by atoms with Gasteiger partial charge in [-0.1, -0.05) is 12.1 Å². The Bertz CT molecular complexity index is 1030. The average molecular weight is 381 g/mol. The van der Waals surface area contributed by atoms with E-state index in [9.17, 15) is 4.39 Å². The number of aromatic amines is 1. The number of halogens is 1. The molecule has 0 saturated carbocycles. The fourth-order valence-corrected chi connectivity index (χ4v) is 3.90. The summed E-state index contributed by atoms with van der Waals surface area (Å²) < 4.78 is 30.7. The Morgan fingerprint density at radius 2 is 2.14 bits per heavy atom. The molecular weight excluding hydrogens is 361 g/mol. The number of ether oxygens (including phenoxy) is 3. The van der Waals surface area contributed by atoms with E-state index < -0.39 is 0 Å². The molecule has 7 heteroatoms. The number of fused-ring (bicyclic) bond motifs is 2. The zero-order valence-electron chi connectivity index (χ0n) is 15.5. The molecule has 5 rings (SSSR count). The lowest BCUT2D eigenvalue weighted by molar-refractivity contribution is 0.171. The van der Waals surface area contributed by atoms with Crippen molar-refractivity contribution in [2.75, 3.05) is 20.4 Å². The minimum Gasteiger partial charge on any atom is -0.493 e. The second-order valence-electron chi connectivity index (χ2n) is 7.00. The molecule has 3 aromatic rings. The van der Waals surface area contributed by atoms with Gasteiger partial charge in [-0.3, -0.25) is 10.00 Å². The SMILES string of the molecule is COc1cc(CN2CCc3[nH]nc(-c4ccccc4F)c3C2)cc2c1OCO2. The largest absolute Gasteiger partial charge is 0.493 e. The van der Waals surface area contributed by atoms with Crippen LogP contribution in [0.2, 0.25) is 0 Å². The number of H-pyrrole nitrogens is 1. The second-order valence-corrected chi connectivity index (χ2v) is 7.00. The van der Waals surface area contributed by atoms with E-state index in [4.69, 9.17) is 14.2 Å². The van der Waals surface area contributed by atoms with Crippen LogP contribution in [0.5, 0.6) is 17.2 Å². The van der Waals surface area contributed by atoms with Gasteiger partial charge in [-0.2, -0.15) is 5.10 Å². The van der Waals surface area contributed by atoms with Crippen molar-refractivity contribution >= 4 is 0 Å². The summed E-state index contributed by atoms with van der Waals surface area (Å²) in [5.74, 6) is 1.79. The van der Waals surface area contributed by atoms with Crippen LogP contribution >= 0.6 is 0 Å². The molecule has 0 spiro atoms. The molecule has 3 heterocycles. The van der Waals surface area contributed by atoms with Gasteiger partial charge in [0.15, 0.2) is 11.5 Å². The summed E-state index contributed by atoms with van der Waals surface area (Å²) in [6.45, 7) is 2.53. The highest BCUT2D eigenvalue weighted by Gasteiger charge is 2.25. The lowest BCUT2D eigenvalue weighted by Crippen LogP contribution is -2.30. The molecule has 0 unspecified atom stereocenters. The Labute approximate surface area is 161 Å². The second kappa shape index (κ2) is 6.83. The molecule has 0 atom stereocenters. The average Bonchev–Trinajstić information content (AvgIpc) is 3.34. The number of nitrogens with one attached hydrogen (secondary N) is 1. The van der Waals surface area contributed by atoms with Crippen molar-refractivity contribution in [2.24, 2.45) is 0 Å². The van der Waals surface area contributed by atoms with Crippen LogP contribution in [0.25, 0.3) is 11.3 Å². The molecule has 0 aliphatic carbocycles. The van der Waals surface area contributed by atoms with Gasteiger partial charge >= 0.3 is 0 Å². The molecule has 0 saturated heterocycles. The first-order valence-electron chi connectivity index (χ1n) is 9.23. The summed E-state index contributed by atoms with van der Waals surface area (Å²) in [7, 11) is 1.63. The fourth-order valence-electron chi connectivity index (χ4n) is 3.90. The van der Waals surface area contributed by atoms with Crippen LogP contribution in [0.15, 0.2) is 36.4 Å². The van der Waals surface area contributed by atoms with Gasteiger partial charge in [-0.25, -0.2) is 4.39 Å². The third kappa shape index (κ3) is 2.88. The lowest BCUT2D eigenvalue weighted by atomic mass is 10.00. The zero-order chi connectivity index (χ0) is 19.1. The van der Waals surface area contributed by atoms with Gasteiger partial charge in [0.05, 0.1) is 12.8 Å². The molecule has 6 nitrogen and oxygen atoms in total. The molecule has 2 aliphatic rings. The highest BCUT2D eigenvalue weighted by Crippen LogP contribution is 2.42. The summed E-state index contributed by atoms with van der Waals surface area (Å²) >= 11 is 0. The van der Waals surface area contributed by atoms with Gasteiger partial charge < -0.3 is 14.2 Å². The summed E-state index contributed by atoms with van der Waals surface area (Å²) in [5.41, 5.74) is 4.45. The van der Waals surface area contributed by atoms with E-state index in [0.29, 0.717) is 35.1 Å². The minimum atomic E-state index is -0.255. The Morgan fingerprint density at radius 1 is 1.25 bits per heavy atom. The first kappa shape index (κ1) is 17.1. The summed E-state index contributed by atoms with van der Waals surface area (Å²) in [6, 6.07) is 10.7. The number of aromatic nitrogens is 2. The number of methoxy groups -OCH3 is 1. The number of benzene rings is 2. The number of nitrogens with zero attached hydrogens (tertiary/aromatic N) is 2. The lowest BCUT2D eigenvalue weighted by Gasteiger charge is -2.27. The number of hydrogen-bond donors (Lipinski definition) is 1. The van der Waals surface area contributed by atoms with Gasteiger partial charge in [0, 0.05) is 42.9 Å². The van der Waals surface area contributed by atoms with Gasteiger partial charge in [0.2, 0.25) is 12.5 Å². The quantitative estimate of drug-likeness (QED) is 0.749. The van der Waals surface area contributed by atoms with Crippen molar-refractivity contribution in [2.45, 2.75) is 19.5 Å². The van der Waals surface area contributed by atoms with Gasteiger partial charge in [-0.15, -0.1) is 0 Å². The molecule has 0 fully saturated rings. The maximum Gasteiger partial charge on any atom is 0.231 e. The molecule has 0 radical (unpaired) electrons. The summed E-state index contributed by atoms with van der Waals surface area (Å²) in [4.78, 5) is 2.32. The van der Waals surface area contributed by atoms with E-state index in [-0.39, 0.29) is 12.6 Å². The summed E-state index contributed by atoms with van der Waals surface area (Å²) in [5, 5.41) is 7.49. The van der Waals surface area contributed by atoms with Crippen LogP contribution in [0.4, 0.5) is 4.39 Å². The van der Waals surface area contributed by atoms with E-state index in [1.807, 2.05) is 18.2 Å². The van der Waals surface area contributed by atoms with Crippen molar-refractivity contribution < 1.29 is 18.6 Å². The first-order chi connectivity index (χ1) is 13.7. The van der Waals surface area contributed by atoms with Gasteiger partial charge in [0.25, 0.3) is 0 Å². The van der Waals surface area contributed by atoms with Crippen LogP contribution in [-0.2, 0) is 19.5 Å². The molecule has 0 amide bonds. The number of hydrogen-bond acceptors (Lipinski definition) is 5. The molecular formula is C21H20FN3O3. The van der Waals surface area contributed by atoms with Crippen LogP contribution < -0.4 is 14.2 Å². The topological polar surface area (TPSA) is 59.6 Å². The molecule has 144 valence electrons. The van der Waals surface area contributed by atoms with E-state index in [1.165, 1.54) is 6.07 Å². The highest BCUT2D eigenvalue weighted by molar-refractivity contribution is 5.65. The first-order valence-corrected chi connectivity index (χ1v) is 9.23. The fraction of sp³-hybridized carbons (Fsp3) is 0.286. The predicted octanol–water partition coefficient (Wildman–Crippen LogP) is 3.51. The van der Waals surface area contributed by atoms with Crippen molar-refractivity contribution in [3.63, 3.8) is 0 Å². The van der Waals surface area contributed by atoms with Crippen LogP contribution in [0.3, 0.4) is 0 Å². The normalized spacial score (nSPS) is 15.5. The third-order valence-electron chi connectivity index (χ3n) is 5.27. The zero-order valence-corrected chi connectivity index (χ0v) is 15.5. The molecule has 0 bridgehead atoms. The van der Waals surface area contributed by atoms with Crippen molar-refractivity contribution in [1.29, 1.82) is 0 Å². The van der Waals surface area contributed by atoms with Crippen molar-refractivity contribution in [3.8, 4) is 28.5 Å². The Morgan fingerprint density at radius 3 is 3.00 bits per heavy atom. The van der Waals surface area contributed by atoms with Crippen LogP contribution in [0.1, 0.15) is 16.8 Å². The third-order valence-corrected chi connectivity index (χ3v) is 5.27. The highest BCUT2D eigenvalue weighted by atomic mass is 19.1. The standard InChI is InChI=1S/C21H20FN3O3/c1-26-18-8-13(9-19-21(18)28-12-27-19)10-25-7-6-17-15(11-25)20(24-23-17)14-4-2-3-5-16(14)22/h2-5,8-9H,6-7,10-12H2,1H3,(H,23,24). The smallest absolute Gasteiger partial charge is 0.231 e. The monoisotopic (exact) mass is 381 g/mol. The van der Waals surface area contributed by atoms with E-state index in [1.54, 1.807) is 19.2 Å². The Balaban J connectivity index is 1.41. The number of rotatable bonds is 4. The predicted molar refractivity (Wildman–Crippen MR) is 101 cm³/mol. The molecule has 2 aliphatic heterocycles. The van der Waals surface area contributed by atoms with Crippen molar-refractivity contribution in [3.05, 3.63) is 59.0 Å². The van der Waals surface area contributed by atoms with Crippen LogP contribution in [-0.4, -0.2) is 35.5 Å². The molecule has 1 N–H and O–H groups in total. The van der Waals surface area contributed by atoms with Gasteiger partial charge in [-0.05, 0) is 29.8 Å². The molecule has 1 aromatic heterocycles. The van der Waals surface area contributed by atoms with E-state index >= 15 is 0 Å². The minimum absolute atomic E-state index is 0.212. The van der Waals surface area contributed by atoms with Crippen LogP contribution in [0, 0.1) is 5.82 Å².